The predicted octanol–water partition coefficient (Wildman–Crippen LogP) is 4.62. The summed E-state index contributed by atoms with van der Waals surface area (Å²) in [7, 11) is 0. The van der Waals surface area contributed by atoms with Gasteiger partial charge >= 0.3 is 6.36 Å². The Balaban J connectivity index is 2.05. The zero-order valence-electron chi connectivity index (χ0n) is 13.1. The van der Waals surface area contributed by atoms with E-state index in [0.29, 0.717) is 11.3 Å². The first-order valence-corrected chi connectivity index (χ1v) is 7.17. The molecule has 0 radical (unpaired) electrons. The largest absolute Gasteiger partial charge is 0.573 e. The lowest BCUT2D eigenvalue weighted by molar-refractivity contribution is -0.274. The fourth-order valence-corrected chi connectivity index (χ4v) is 1.93. The van der Waals surface area contributed by atoms with Gasteiger partial charge in [-0.25, -0.2) is 0 Å². The van der Waals surface area contributed by atoms with Crippen molar-refractivity contribution in [3.8, 4) is 11.5 Å². The Labute approximate surface area is 137 Å². The second kappa shape index (κ2) is 7.25. The molecule has 0 aliphatic carbocycles. The first kappa shape index (κ1) is 17.7. The first-order chi connectivity index (χ1) is 11.2. The molecule has 2 aromatic rings. The quantitative estimate of drug-likeness (QED) is 0.864. The average Bonchev–Trinajstić information content (AvgIpc) is 2.45. The highest BCUT2D eigenvalue weighted by Crippen LogP contribution is 2.25. The van der Waals surface area contributed by atoms with E-state index in [1.165, 1.54) is 12.1 Å². The van der Waals surface area contributed by atoms with Gasteiger partial charge in [-0.1, -0.05) is 6.07 Å². The molecule has 0 aromatic heterocycles. The summed E-state index contributed by atoms with van der Waals surface area (Å²) in [4.78, 5) is 12.1. The van der Waals surface area contributed by atoms with Gasteiger partial charge in [0.2, 0.25) is 0 Å². The molecular weight excluding hydrogens is 323 g/mol. The SMILES string of the molecule is CC(C)Oc1ccc(C(=O)Nc2cccc(OC(F)(F)F)c2)cc1. The van der Waals surface area contributed by atoms with Crippen LogP contribution in [0.2, 0.25) is 0 Å². The number of halogens is 3. The topological polar surface area (TPSA) is 47.6 Å². The minimum atomic E-state index is -4.78. The van der Waals surface area contributed by atoms with Gasteiger partial charge in [0.15, 0.2) is 0 Å². The number of rotatable bonds is 5. The summed E-state index contributed by atoms with van der Waals surface area (Å²) in [6.07, 6.45) is -4.77. The molecule has 0 atom stereocenters. The zero-order valence-corrected chi connectivity index (χ0v) is 13.1. The highest BCUT2D eigenvalue weighted by molar-refractivity contribution is 6.04. The van der Waals surface area contributed by atoms with Crippen LogP contribution in [0.25, 0.3) is 0 Å². The van der Waals surface area contributed by atoms with Crippen molar-refractivity contribution < 1.29 is 27.4 Å². The van der Waals surface area contributed by atoms with Gasteiger partial charge in [-0.05, 0) is 50.2 Å². The van der Waals surface area contributed by atoms with Crippen molar-refractivity contribution in [2.45, 2.75) is 26.3 Å². The Hall–Kier alpha value is -2.70. The molecule has 128 valence electrons. The van der Waals surface area contributed by atoms with E-state index in [1.807, 2.05) is 13.8 Å². The van der Waals surface area contributed by atoms with Crippen molar-refractivity contribution in [2.24, 2.45) is 0 Å². The van der Waals surface area contributed by atoms with Gasteiger partial charge in [0.25, 0.3) is 5.91 Å². The molecule has 24 heavy (non-hydrogen) atoms. The lowest BCUT2D eigenvalue weighted by Crippen LogP contribution is -2.17. The Bertz CT molecular complexity index is 697. The number of hydrogen-bond donors (Lipinski definition) is 1. The summed E-state index contributed by atoms with van der Waals surface area (Å²) in [5.41, 5.74) is 0.553. The highest BCUT2D eigenvalue weighted by atomic mass is 19.4. The van der Waals surface area contributed by atoms with Crippen LogP contribution in [-0.4, -0.2) is 18.4 Å². The minimum Gasteiger partial charge on any atom is -0.491 e. The second-order valence-electron chi connectivity index (χ2n) is 5.22. The summed E-state index contributed by atoms with van der Waals surface area (Å²) >= 11 is 0. The molecule has 0 heterocycles. The summed E-state index contributed by atoms with van der Waals surface area (Å²) < 4.78 is 45.9. The van der Waals surface area contributed by atoms with Gasteiger partial charge in [-0.2, -0.15) is 0 Å². The molecule has 2 aromatic carbocycles. The van der Waals surface area contributed by atoms with Crippen LogP contribution in [-0.2, 0) is 0 Å². The fourth-order valence-electron chi connectivity index (χ4n) is 1.93. The summed E-state index contributed by atoms with van der Waals surface area (Å²) in [6, 6.07) is 11.5. The number of carbonyl (C=O) groups is 1. The van der Waals surface area contributed by atoms with E-state index >= 15 is 0 Å². The molecule has 0 spiro atoms. The third-order valence-electron chi connectivity index (χ3n) is 2.81. The maximum Gasteiger partial charge on any atom is 0.573 e. The van der Waals surface area contributed by atoms with E-state index in [2.05, 4.69) is 10.1 Å². The zero-order chi connectivity index (χ0) is 17.7. The molecule has 2 rings (SSSR count). The van der Waals surface area contributed by atoms with E-state index < -0.39 is 18.0 Å². The molecule has 0 fully saturated rings. The number of ether oxygens (including phenoxy) is 2. The predicted molar refractivity (Wildman–Crippen MR) is 83.3 cm³/mol. The third kappa shape index (κ3) is 5.49. The van der Waals surface area contributed by atoms with Gasteiger partial charge < -0.3 is 14.8 Å². The van der Waals surface area contributed by atoms with Crippen molar-refractivity contribution in [3.05, 3.63) is 54.1 Å². The maximum atomic E-state index is 12.2. The summed E-state index contributed by atoms with van der Waals surface area (Å²) in [5.74, 6) is -0.224. The van der Waals surface area contributed by atoms with E-state index in [-0.39, 0.29) is 11.8 Å². The molecule has 7 heteroatoms. The van der Waals surface area contributed by atoms with Crippen LogP contribution in [0.15, 0.2) is 48.5 Å². The van der Waals surface area contributed by atoms with E-state index in [4.69, 9.17) is 4.74 Å². The Kier molecular flexibility index (Phi) is 5.33. The van der Waals surface area contributed by atoms with Crippen LogP contribution in [0.1, 0.15) is 24.2 Å². The number of benzene rings is 2. The van der Waals surface area contributed by atoms with Gasteiger partial charge in [-0.15, -0.1) is 13.2 Å². The van der Waals surface area contributed by atoms with Gasteiger partial charge in [0.05, 0.1) is 6.10 Å². The highest BCUT2D eigenvalue weighted by Gasteiger charge is 2.31. The fraction of sp³-hybridized carbons (Fsp3) is 0.235. The van der Waals surface area contributed by atoms with Crippen LogP contribution in [0.4, 0.5) is 18.9 Å². The van der Waals surface area contributed by atoms with Gasteiger partial charge in [-0.3, -0.25) is 4.79 Å². The number of carbonyl (C=O) groups excluding carboxylic acids is 1. The standard InChI is InChI=1S/C17H16F3NO3/c1-11(2)23-14-8-6-12(7-9-14)16(22)21-13-4-3-5-15(10-13)24-17(18,19)20/h3-11H,1-2H3,(H,21,22). The molecule has 0 bridgehead atoms. The number of hydrogen-bond acceptors (Lipinski definition) is 3. The van der Waals surface area contributed by atoms with Crippen molar-refractivity contribution in [2.75, 3.05) is 5.32 Å². The normalized spacial score (nSPS) is 11.2. The van der Waals surface area contributed by atoms with E-state index in [1.54, 1.807) is 24.3 Å². The van der Waals surface area contributed by atoms with Crippen LogP contribution >= 0.6 is 0 Å². The Morgan fingerprint density at radius 2 is 1.71 bits per heavy atom. The monoisotopic (exact) mass is 339 g/mol. The van der Waals surface area contributed by atoms with Gasteiger partial charge in [0.1, 0.15) is 11.5 Å². The molecule has 0 aliphatic heterocycles. The van der Waals surface area contributed by atoms with Gasteiger partial charge in [0, 0.05) is 17.3 Å². The molecule has 0 unspecified atom stereocenters. The summed E-state index contributed by atoms with van der Waals surface area (Å²) in [6.45, 7) is 3.77. The second-order valence-corrected chi connectivity index (χ2v) is 5.22. The number of anilines is 1. The van der Waals surface area contributed by atoms with E-state index in [9.17, 15) is 18.0 Å². The van der Waals surface area contributed by atoms with Crippen LogP contribution in [0, 0.1) is 0 Å². The van der Waals surface area contributed by atoms with Crippen molar-refractivity contribution in [1.29, 1.82) is 0 Å². The third-order valence-corrected chi connectivity index (χ3v) is 2.81. The lowest BCUT2D eigenvalue weighted by atomic mass is 10.2. The lowest BCUT2D eigenvalue weighted by Gasteiger charge is -2.11. The van der Waals surface area contributed by atoms with Crippen molar-refractivity contribution in [3.63, 3.8) is 0 Å². The van der Waals surface area contributed by atoms with Crippen LogP contribution < -0.4 is 14.8 Å². The van der Waals surface area contributed by atoms with Crippen molar-refractivity contribution in [1.82, 2.24) is 0 Å². The van der Waals surface area contributed by atoms with Crippen LogP contribution in [0.5, 0.6) is 11.5 Å². The smallest absolute Gasteiger partial charge is 0.491 e. The molecule has 0 saturated heterocycles. The average molecular weight is 339 g/mol. The molecule has 1 N–H and O–H groups in total. The molecule has 0 aliphatic rings. The molecular formula is C17H16F3NO3. The van der Waals surface area contributed by atoms with Crippen molar-refractivity contribution >= 4 is 11.6 Å². The molecule has 4 nitrogen and oxygen atoms in total. The Morgan fingerprint density at radius 3 is 2.29 bits per heavy atom. The number of nitrogens with one attached hydrogen (secondary N) is 1. The number of alkyl halides is 3. The van der Waals surface area contributed by atoms with Crippen LogP contribution in [0.3, 0.4) is 0 Å². The molecule has 0 saturated carbocycles. The maximum absolute atomic E-state index is 12.2. The summed E-state index contributed by atoms with van der Waals surface area (Å²) in [5, 5.41) is 2.52. The first-order valence-electron chi connectivity index (χ1n) is 7.17. The molecule has 1 amide bonds. The number of amides is 1. The minimum absolute atomic E-state index is 0.0149. The Morgan fingerprint density at radius 1 is 1.04 bits per heavy atom. The van der Waals surface area contributed by atoms with E-state index in [0.717, 1.165) is 12.1 Å².